The highest BCUT2D eigenvalue weighted by Gasteiger charge is 2.33. The molecule has 4 aromatic carbocycles. The predicted molar refractivity (Wildman–Crippen MR) is 206 cm³/mol. The quantitative estimate of drug-likeness (QED) is 0.104. The average molecular weight is 797 g/mol. The third kappa shape index (κ3) is 8.47. The maximum Gasteiger partial charge on any atom is 0.416 e. The molecule has 9 nitrogen and oxygen atoms in total. The normalized spacial score (nSPS) is 12.1. The Morgan fingerprint density at radius 2 is 1.22 bits per heavy atom. The van der Waals surface area contributed by atoms with Crippen LogP contribution in [0.15, 0.2) is 103 Å². The van der Waals surface area contributed by atoms with Crippen molar-refractivity contribution in [1.29, 1.82) is 0 Å². The van der Waals surface area contributed by atoms with E-state index >= 15 is 0 Å². The number of fused-ring (bicyclic) bond motifs is 1. The van der Waals surface area contributed by atoms with E-state index in [1.807, 2.05) is 27.7 Å². The molecule has 14 heteroatoms. The van der Waals surface area contributed by atoms with Gasteiger partial charge in [-0.05, 0) is 89.8 Å². The Kier molecular flexibility index (Phi) is 11.4. The van der Waals surface area contributed by atoms with Gasteiger partial charge >= 0.3 is 6.18 Å². The van der Waals surface area contributed by atoms with Gasteiger partial charge < -0.3 is 9.15 Å². The zero-order valence-electron chi connectivity index (χ0n) is 31.0. The topological polar surface area (TPSA) is 148 Å². The SMILES string of the molecule is COc1c(-c2ccc(C(F)(F)F)cc2)oc2c(CC=C(C)C)c(-c3cc(C)ccc3S(=O)(=O)O)c(CC=C(C)C)c(-c3cc(C)ccc3S(=O)(=O)O)c2c1=O. The number of hydrogen-bond acceptors (Lipinski definition) is 7. The minimum Gasteiger partial charge on any atom is -0.490 e. The molecule has 0 unspecified atom stereocenters. The van der Waals surface area contributed by atoms with Crippen LogP contribution in [0.2, 0.25) is 0 Å². The highest BCUT2D eigenvalue weighted by molar-refractivity contribution is 7.86. The van der Waals surface area contributed by atoms with Gasteiger partial charge in [0.2, 0.25) is 11.2 Å². The van der Waals surface area contributed by atoms with Crippen LogP contribution in [0.4, 0.5) is 13.2 Å². The fourth-order valence-corrected chi connectivity index (χ4v) is 7.84. The molecular formula is C41H39F3O9S2. The van der Waals surface area contributed by atoms with E-state index in [1.165, 1.54) is 43.5 Å². The van der Waals surface area contributed by atoms with Gasteiger partial charge in [-0.15, -0.1) is 0 Å². The second kappa shape index (κ2) is 15.3. The zero-order chi connectivity index (χ0) is 40.8. The van der Waals surface area contributed by atoms with Gasteiger partial charge in [0.25, 0.3) is 20.2 Å². The van der Waals surface area contributed by atoms with Crippen LogP contribution in [-0.4, -0.2) is 33.1 Å². The van der Waals surface area contributed by atoms with E-state index in [-0.39, 0.29) is 68.5 Å². The fraction of sp³-hybridized carbons (Fsp3) is 0.244. The summed E-state index contributed by atoms with van der Waals surface area (Å²) in [5.74, 6) is -0.655. The molecule has 0 atom stereocenters. The molecule has 5 aromatic rings. The second-order valence-electron chi connectivity index (χ2n) is 13.7. The van der Waals surface area contributed by atoms with E-state index in [2.05, 4.69) is 0 Å². The number of alkyl halides is 3. The summed E-state index contributed by atoms with van der Waals surface area (Å²) in [5, 5.41) is -0.192. The molecule has 0 spiro atoms. The number of ether oxygens (including phenoxy) is 1. The molecule has 290 valence electrons. The van der Waals surface area contributed by atoms with E-state index < -0.39 is 52.9 Å². The monoisotopic (exact) mass is 796 g/mol. The van der Waals surface area contributed by atoms with E-state index in [4.69, 9.17) is 9.15 Å². The third-order valence-corrected chi connectivity index (χ3v) is 10.8. The predicted octanol–water partition coefficient (Wildman–Crippen LogP) is 9.95. The number of rotatable bonds is 10. The first-order valence-corrected chi connectivity index (χ1v) is 19.8. The van der Waals surface area contributed by atoms with Crippen molar-refractivity contribution in [3.8, 4) is 39.3 Å². The first-order chi connectivity index (χ1) is 25.5. The van der Waals surface area contributed by atoms with Crippen molar-refractivity contribution in [2.75, 3.05) is 7.11 Å². The van der Waals surface area contributed by atoms with Gasteiger partial charge in [-0.1, -0.05) is 70.8 Å². The zero-order valence-corrected chi connectivity index (χ0v) is 32.7. The first-order valence-electron chi connectivity index (χ1n) is 16.9. The Hall–Kier alpha value is -5.02. The summed E-state index contributed by atoms with van der Waals surface area (Å²) >= 11 is 0. The summed E-state index contributed by atoms with van der Waals surface area (Å²) in [6.45, 7) is 10.6. The minimum atomic E-state index is -4.97. The Balaban J connectivity index is 2.22. The molecule has 0 bridgehead atoms. The van der Waals surface area contributed by atoms with Crippen molar-refractivity contribution < 1.29 is 48.3 Å². The highest BCUT2D eigenvalue weighted by Crippen LogP contribution is 2.48. The number of benzene rings is 4. The molecule has 0 aliphatic carbocycles. The molecule has 2 N–H and O–H groups in total. The lowest BCUT2D eigenvalue weighted by molar-refractivity contribution is -0.137. The molecule has 1 heterocycles. The molecule has 0 saturated carbocycles. The number of halogens is 3. The van der Waals surface area contributed by atoms with Crippen molar-refractivity contribution in [2.24, 2.45) is 0 Å². The largest absolute Gasteiger partial charge is 0.490 e. The van der Waals surface area contributed by atoms with Crippen molar-refractivity contribution in [1.82, 2.24) is 0 Å². The third-order valence-electron chi connectivity index (χ3n) is 8.97. The maximum atomic E-state index is 15.0. The molecule has 0 aliphatic rings. The molecule has 55 heavy (non-hydrogen) atoms. The van der Waals surface area contributed by atoms with E-state index in [0.717, 1.165) is 35.4 Å². The molecule has 0 amide bonds. The molecule has 0 saturated heterocycles. The summed E-state index contributed by atoms with van der Waals surface area (Å²) in [6, 6.07) is 12.2. The second-order valence-corrected chi connectivity index (χ2v) is 16.5. The fourth-order valence-electron chi connectivity index (χ4n) is 6.48. The summed E-state index contributed by atoms with van der Waals surface area (Å²) < 4.78 is 126. The lowest BCUT2D eigenvalue weighted by Crippen LogP contribution is -2.14. The molecule has 5 rings (SSSR count). The lowest BCUT2D eigenvalue weighted by atomic mass is 9.82. The summed E-state index contributed by atoms with van der Waals surface area (Å²) in [5.41, 5.74) is 1.41. The number of methoxy groups -OCH3 is 1. The van der Waals surface area contributed by atoms with Crippen LogP contribution in [0.1, 0.15) is 55.5 Å². The lowest BCUT2D eigenvalue weighted by Gasteiger charge is -2.24. The number of hydrogen-bond donors (Lipinski definition) is 2. The van der Waals surface area contributed by atoms with Gasteiger partial charge in [0.15, 0.2) is 5.76 Å². The van der Waals surface area contributed by atoms with Crippen LogP contribution >= 0.6 is 0 Å². The van der Waals surface area contributed by atoms with Crippen LogP contribution in [0.5, 0.6) is 5.75 Å². The maximum absolute atomic E-state index is 15.0. The highest BCUT2D eigenvalue weighted by atomic mass is 32.2. The Morgan fingerprint density at radius 3 is 1.65 bits per heavy atom. The van der Waals surface area contributed by atoms with E-state index in [0.29, 0.717) is 11.1 Å². The average Bonchev–Trinajstić information content (AvgIpc) is 3.07. The molecule has 0 aliphatic heterocycles. The first kappa shape index (κ1) is 41.1. The van der Waals surface area contributed by atoms with Gasteiger partial charge in [0.05, 0.1) is 18.1 Å². The van der Waals surface area contributed by atoms with Gasteiger partial charge in [-0.3, -0.25) is 13.9 Å². The summed E-state index contributed by atoms with van der Waals surface area (Å²) in [4.78, 5) is 13.9. The molecule has 0 fully saturated rings. The van der Waals surface area contributed by atoms with Crippen LogP contribution in [0, 0.1) is 13.8 Å². The van der Waals surface area contributed by atoms with Gasteiger partial charge in [-0.25, -0.2) is 0 Å². The van der Waals surface area contributed by atoms with Crippen molar-refractivity contribution in [3.05, 3.63) is 122 Å². The van der Waals surface area contributed by atoms with E-state index in [9.17, 15) is 43.9 Å². The van der Waals surface area contributed by atoms with E-state index in [1.54, 1.807) is 26.0 Å². The minimum absolute atomic E-state index is 0.00904. The molecule has 1 aromatic heterocycles. The Morgan fingerprint density at radius 1 is 0.745 bits per heavy atom. The Bertz CT molecular complexity index is 2680. The number of allylic oxidation sites excluding steroid dienone is 4. The van der Waals surface area contributed by atoms with Crippen LogP contribution in [0.25, 0.3) is 44.5 Å². The van der Waals surface area contributed by atoms with Crippen LogP contribution in [-0.2, 0) is 39.3 Å². The Labute approximate surface area is 317 Å². The smallest absolute Gasteiger partial charge is 0.416 e. The van der Waals surface area contributed by atoms with Crippen LogP contribution in [0.3, 0.4) is 0 Å². The van der Waals surface area contributed by atoms with Gasteiger partial charge in [0.1, 0.15) is 15.4 Å². The van der Waals surface area contributed by atoms with Crippen LogP contribution < -0.4 is 10.2 Å². The molecular weight excluding hydrogens is 758 g/mol. The van der Waals surface area contributed by atoms with Crippen molar-refractivity contribution in [3.63, 3.8) is 0 Å². The van der Waals surface area contributed by atoms with Crippen molar-refractivity contribution >= 4 is 31.2 Å². The molecule has 0 radical (unpaired) electrons. The number of aryl methyl sites for hydroxylation is 2. The van der Waals surface area contributed by atoms with Gasteiger partial charge in [0, 0.05) is 27.8 Å². The van der Waals surface area contributed by atoms with Crippen molar-refractivity contribution in [2.45, 2.75) is 70.4 Å². The standard InChI is InChI=1S/C41H39F3O9S2/c1-22(2)8-16-28-34(30-20-24(5)10-18-32(30)54(46,47)48)29(17-9-23(3)4)39-36(35(28)31-21-25(6)11-19-33(31)55(49,50)51)37(45)40(52-7)38(53-39)26-12-14-27(15-13-26)41(42,43)44/h8-15,18-21H,16-17H2,1-7H3,(H,46,47,48)(H,49,50,51). The van der Waals surface area contributed by atoms with Gasteiger partial charge in [-0.2, -0.15) is 30.0 Å². The summed E-state index contributed by atoms with van der Waals surface area (Å²) in [6.07, 6.45) is -1.07. The summed E-state index contributed by atoms with van der Waals surface area (Å²) in [7, 11) is -8.72.